The Hall–Kier alpha value is -1.85. The molecule has 1 saturated carbocycles. The Kier molecular flexibility index (Phi) is 3.69. The first-order chi connectivity index (χ1) is 10.1. The first kappa shape index (κ1) is 14.1. The molecular weight excluding hydrogens is 270 g/mol. The van der Waals surface area contributed by atoms with Gasteiger partial charge >= 0.3 is 5.97 Å². The van der Waals surface area contributed by atoms with Gasteiger partial charge in [-0.25, -0.2) is 0 Å². The van der Waals surface area contributed by atoms with Gasteiger partial charge in [0.15, 0.2) is 0 Å². The molecule has 1 aromatic rings. The zero-order valence-corrected chi connectivity index (χ0v) is 12.3. The lowest BCUT2D eigenvalue weighted by atomic mass is 9.85. The Morgan fingerprint density at radius 1 is 1.52 bits per heavy atom. The summed E-state index contributed by atoms with van der Waals surface area (Å²) >= 11 is 0. The number of ether oxygens (including phenoxy) is 1. The van der Waals surface area contributed by atoms with Crippen molar-refractivity contribution in [2.45, 2.75) is 51.2 Å². The van der Waals surface area contributed by atoms with E-state index in [-0.39, 0.29) is 24.2 Å². The van der Waals surface area contributed by atoms with Crippen LogP contribution in [0.15, 0.2) is 12.4 Å². The zero-order valence-electron chi connectivity index (χ0n) is 12.3. The molecule has 0 radical (unpaired) electrons. The first-order valence-corrected chi connectivity index (χ1v) is 7.58. The van der Waals surface area contributed by atoms with Crippen LogP contribution in [0.3, 0.4) is 0 Å². The summed E-state index contributed by atoms with van der Waals surface area (Å²) in [6, 6.07) is 0. The van der Waals surface area contributed by atoms with Crippen LogP contribution in [0.25, 0.3) is 0 Å². The molecule has 2 aliphatic rings. The minimum absolute atomic E-state index is 0.0633. The number of hydrogen-bond donors (Lipinski definition) is 1. The highest BCUT2D eigenvalue weighted by atomic mass is 16.6. The molecule has 1 aliphatic carbocycles. The first-order valence-electron chi connectivity index (χ1n) is 7.58. The van der Waals surface area contributed by atoms with Crippen LogP contribution in [0.1, 0.15) is 37.7 Å². The standard InChI is InChI=1S/C15H21N3O3/c1-11-9-17-18(10-11)7-6-16-14(20)12-8-13(19)21-15(12)4-2-3-5-15/h9-10,12H,2-8H2,1H3,(H,16,20)/t12-/m1/s1. The molecule has 0 bridgehead atoms. The van der Waals surface area contributed by atoms with Crippen molar-refractivity contribution in [3.05, 3.63) is 18.0 Å². The number of carbonyl (C=O) groups excluding carboxylic acids is 2. The molecule has 1 amide bonds. The van der Waals surface area contributed by atoms with Crippen LogP contribution < -0.4 is 5.32 Å². The lowest BCUT2D eigenvalue weighted by Crippen LogP contribution is -2.43. The SMILES string of the molecule is Cc1cnn(CCNC(=O)[C@H]2CC(=O)OC23CCCC3)c1. The number of rotatable bonds is 4. The molecule has 114 valence electrons. The molecule has 1 aliphatic heterocycles. The Bertz CT molecular complexity index is 546. The number of nitrogens with one attached hydrogen (secondary N) is 1. The third kappa shape index (κ3) is 2.80. The van der Waals surface area contributed by atoms with E-state index in [9.17, 15) is 9.59 Å². The Balaban J connectivity index is 1.56. The van der Waals surface area contributed by atoms with Gasteiger partial charge in [0.1, 0.15) is 5.60 Å². The van der Waals surface area contributed by atoms with Gasteiger partial charge in [-0.3, -0.25) is 14.3 Å². The largest absolute Gasteiger partial charge is 0.458 e. The minimum Gasteiger partial charge on any atom is -0.458 e. The number of hydrogen-bond acceptors (Lipinski definition) is 4. The summed E-state index contributed by atoms with van der Waals surface area (Å²) in [5.41, 5.74) is 0.574. The van der Waals surface area contributed by atoms with Gasteiger partial charge in [0.2, 0.25) is 5.91 Å². The van der Waals surface area contributed by atoms with Crippen molar-refractivity contribution in [2.75, 3.05) is 6.54 Å². The molecule has 0 aromatic carbocycles. The monoisotopic (exact) mass is 291 g/mol. The summed E-state index contributed by atoms with van der Waals surface area (Å²) < 4.78 is 7.30. The number of aromatic nitrogens is 2. The summed E-state index contributed by atoms with van der Waals surface area (Å²) in [5, 5.41) is 7.10. The van der Waals surface area contributed by atoms with Gasteiger partial charge in [-0.05, 0) is 38.2 Å². The third-order valence-corrected chi connectivity index (χ3v) is 4.49. The molecule has 1 aromatic heterocycles. The smallest absolute Gasteiger partial charge is 0.307 e. The maximum Gasteiger partial charge on any atom is 0.307 e. The quantitative estimate of drug-likeness (QED) is 0.846. The lowest BCUT2D eigenvalue weighted by Gasteiger charge is -2.27. The van der Waals surface area contributed by atoms with E-state index in [4.69, 9.17) is 4.74 Å². The zero-order chi connectivity index (χ0) is 14.9. The maximum atomic E-state index is 12.4. The molecule has 3 rings (SSSR count). The van der Waals surface area contributed by atoms with Crippen LogP contribution in [0.4, 0.5) is 0 Å². The van der Waals surface area contributed by atoms with Crippen LogP contribution in [0, 0.1) is 12.8 Å². The predicted molar refractivity (Wildman–Crippen MR) is 75.4 cm³/mol. The van der Waals surface area contributed by atoms with Gasteiger partial charge < -0.3 is 10.1 Å². The highest BCUT2D eigenvalue weighted by Gasteiger charge is 2.53. The van der Waals surface area contributed by atoms with E-state index in [1.165, 1.54) is 0 Å². The van der Waals surface area contributed by atoms with Crippen LogP contribution >= 0.6 is 0 Å². The van der Waals surface area contributed by atoms with E-state index >= 15 is 0 Å². The molecular formula is C15H21N3O3. The van der Waals surface area contributed by atoms with Crippen LogP contribution in [0.5, 0.6) is 0 Å². The van der Waals surface area contributed by atoms with Crippen LogP contribution in [-0.2, 0) is 20.9 Å². The number of aryl methyl sites for hydroxylation is 1. The average molecular weight is 291 g/mol. The second kappa shape index (κ2) is 5.50. The summed E-state index contributed by atoms with van der Waals surface area (Å²) in [5.74, 6) is -0.627. The highest BCUT2D eigenvalue weighted by Crippen LogP contribution is 2.45. The minimum atomic E-state index is -0.524. The van der Waals surface area contributed by atoms with E-state index < -0.39 is 5.60 Å². The second-order valence-corrected chi connectivity index (χ2v) is 6.07. The molecule has 2 fully saturated rings. The van der Waals surface area contributed by atoms with Crippen molar-refractivity contribution in [1.29, 1.82) is 0 Å². The summed E-state index contributed by atoms with van der Waals surface area (Å²) in [7, 11) is 0. The van der Waals surface area contributed by atoms with Crippen molar-refractivity contribution >= 4 is 11.9 Å². The fourth-order valence-electron chi connectivity index (χ4n) is 3.45. The summed E-state index contributed by atoms with van der Waals surface area (Å²) in [4.78, 5) is 24.0. The number of esters is 1. The van der Waals surface area contributed by atoms with Gasteiger partial charge in [-0.2, -0.15) is 5.10 Å². The number of amides is 1. The lowest BCUT2D eigenvalue weighted by molar-refractivity contribution is -0.149. The Morgan fingerprint density at radius 3 is 2.95 bits per heavy atom. The molecule has 6 heteroatoms. The van der Waals surface area contributed by atoms with Crippen molar-refractivity contribution in [3.63, 3.8) is 0 Å². The van der Waals surface area contributed by atoms with Gasteiger partial charge in [0, 0.05) is 12.7 Å². The Labute approximate surface area is 123 Å². The van der Waals surface area contributed by atoms with Crippen molar-refractivity contribution < 1.29 is 14.3 Å². The van der Waals surface area contributed by atoms with Gasteiger partial charge in [-0.1, -0.05) is 0 Å². The molecule has 1 saturated heterocycles. The maximum absolute atomic E-state index is 12.4. The van der Waals surface area contributed by atoms with Crippen LogP contribution in [-0.4, -0.2) is 33.8 Å². The Morgan fingerprint density at radius 2 is 2.29 bits per heavy atom. The van der Waals surface area contributed by atoms with Gasteiger partial charge in [-0.15, -0.1) is 0 Å². The van der Waals surface area contributed by atoms with Crippen molar-refractivity contribution in [2.24, 2.45) is 5.92 Å². The summed E-state index contributed by atoms with van der Waals surface area (Å²) in [6.07, 6.45) is 7.63. The number of nitrogens with zero attached hydrogens (tertiary/aromatic N) is 2. The van der Waals surface area contributed by atoms with Gasteiger partial charge in [0.05, 0.1) is 25.1 Å². The molecule has 1 atom stereocenters. The topological polar surface area (TPSA) is 73.2 Å². The van der Waals surface area contributed by atoms with Gasteiger partial charge in [0.25, 0.3) is 0 Å². The molecule has 0 unspecified atom stereocenters. The van der Waals surface area contributed by atoms with Crippen molar-refractivity contribution in [1.82, 2.24) is 15.1 Å². The number of carbonyl (C=O) groups is 2. The van der Waals surface area contributed by atoms with Crippen LogP contribution in [0.2, 0.25) is 0 Å². The van der Waals surface area contributed by atoms with E-state index in [0.29, 0.717) is 13.1 Å². The molecule has 1 N–H and O–H groups in total. The fraction of sp³-hybridized carbons (Fsp3) is 0.667. The molecule has 6 nitrogen and oxygen atoms in total. The normalized spacial score (nSPS) is 23.5. The third-order valence-electron chi connectivity index (χ3n) is 4.49. The van der Waals surface area contributed by atoms with E-state index in [1.807, 2.05) is 13.1 Å². The molecule has 2 heterocycles. The summed E-state index contributed by atoms with van der Waals surface area (Å²) in [6.45, 7) is 3.13. The van der Waals surface area contributed by atoms with Crippen molar-refractivity contribution in [3.8, 4) is 0 Å². The average Bonchev–Trinajstić information content (AvgIpc) is 3.13. The van der Waals surface area contributed by atoms with E-state index in [0.717, 1.165) is 31.2 Å². The molecule has 1 spiro atoms. The second-order valence-electron chi connectivity index (χ2n) is 6.07. The molecule has 21 heavy (non-hydrogen) atoms. The van der Waals surface area contributed by atoms with E-state index in [1.54, 1.807) is 10.9 Å². The highest BCUT2D eigenvalue weighted by molar-refractivity contribution is 5.87. The van der Waals surface area contributed by atoms with E-state index in [2.05, 4.69) is 10.4 Å². The fourth-order valence-corrected chi connectivity index (χ4v) is 3.45. The predicted octanol–water partition coefficient (Wildman–Crippen LogP) is 1.18.